The zero-order valence-corrected chi connectivity index (χ0v) is 14.3. The van der Waals surface area contributed by atoms with Gasteiger partial charge < -0.3 is 20.3 Å². The van der Waals surface area contributed by atoms with Crippen LogP contribution in [0, 0.1) is 0 Å². The SMILES string of the molecule is CNC(=O)C(Cc1ccc(OCC(=O)O)c(C(=O)O)c1)NS(C)(=O)=O. The van der Waals surface area contributed by atoms with Gasteiger partial charge in [-0.3, -0.25) is 4.79 Å². The van der Waals surface area contributed by atoms with E-state index in [1.807, 2.05) is 0 Å². The Hall–Kier alpha value is -2.66. The van der Waals surface area contributed by atoms with Crippen molar-refractivity contribution >= 4 is 27.9 Å². The van der Waals surface area contributed by atoms with Crippen LogP contribution in [-0.2, 0) is 26.0 Å². The average Bonchev–Trinajstić information content (AvgIpc) is 2.50. The lowest BCUT2D eigenvalue weighted by Crippen LogP contribution is -2.46. The van der Waals surface area contributed by atoms with Crippen molar-refractivity contribution in [1.82, 2.24) is 10.0 Å². The molecule has 0 saturated carbocycles. The molecule has 1 aromatic rings. The number of likely N-dealkylation sites (N-methyl/N-ethyl adjacent to an activating group) is 1. The molecule has 0 bridgehead atoms. The van der Waals surface area contributed by atoms with E-state index in [0.717, 1.165) is 6.26 Å². The fourth-order valence-electron chi connectivity index (χ4n) is 1.99. The number of aromatic carboxylic acids is 1. The van der Waals surface area contributed by atoms with Gasteiger partial charge in [-0.2, -0.15) is 0 Å². The number of hydrogen-bond acceptors (Lipinski definition) is 6. The molecule has 11 heteroatoms. The minimum atomic E-state index is -3.67. The van der Waals surface area contributed by atoms with E-state index in [4.69, 9.17) is 9.84 Å². The van der Waals surface area contributed by atoms with Crippen molar-refractivity contribution in [1.29, 1.82) is 0 Å². The lowest BCUT2D eigenvalue weighted by atomic mass is 10.0. The van der Waals surface area contributed by atoms with Gasteiger partial charge >= 0.3 is 11.9 Å². The van der Waals surface area contributed by atoms with Crippen LogP contribution in [0.25, 0.3) is 0 Å². The van der Waals surface area contributed by atoms with Crippen LogP contribution in [0.3, 0.4) is 0 Å². The average molecular weight is 374 g/mol. The van der Waals surface area contributed by atoms with Crippen molar-refractivity contribution in [3.05, 3.63) is 29.3 Å². The molecule has 0 aliphatic carbocycles. The summed E-state index contributed by atoms with van der Waals surface area (Å²) in [6.07, 6.45) is 0.792. The summed E-state index contributed by atoms with van der Waals surface area (Å²) in [5.74, 6) is -3.35. The van der Waals surface area contributed by atoms with Gasteiger partial charge in [0.25, 0.3) is 0 Å². The first-order valence-corrected chi connectivity index (χ1v) is 8.82. The molecule has 0 radical (unpaired) electrons. The van der Waals surface area contributed by atoms with Gasteiger partial charge in [-0.25, -0.2) is 22.7 Å². The Labute approximate surface area is 143 Å². The highest BCUT2D eigenvalue weighted by atomic mass is 32.2. The third-order valence-electron chi connectivity index (χ3n) is 2.98. The van der Waals surface area contributed by atoms with E-state index in [0.29, 0.717) is 5.56 Å². The number of carbonyl (C=O) groups is 3. The zero-order chi connectivity index (χ0) is 19.2. The fraction of sp³-hybridized carbons (Fsp3) is 0.357. The minimum absolute atomic E-state index is 0.105. The van der Waals surface area contributed by atoms with Crippen molar-refractivity contribution < 1.29 is 37.8 Å². The molecule has 1 rings (SSSR count). The molecule has 0 spiro atoms. The normalized spacial score (nSPS) is 12.2. The van der Waals surface area contributed by atoms with Gasteiger partial charge in [0.2, 0.25) is 15.9 Å². The number of carbonyl (C=O) groups excluding carboxylic acids is 1. The molecule has 1 amide bonds. The minimum Gasteiger partial charge on any atom is -0.481 e. The van der Waals surface area contributed by atoms with Gasteiger partial charge in [-0.05, 0) is 24.1 Å². The quantitative estimate of drug-likeness (QED) is 0.431. The first kappa shape index (κ1) is 20.4. The van der Waals surface area contributed by atoms with Crippen molar-refractivity contribution in [3.63, 3.8) is 0 Å². The predicted octanol–water partition coefficient (Wildman–Crippen LogP) is -0.945. The number of aliphatic carboxylic acids is 1. The number of nitrogens with one attached hydrogen (secondary N) is 2. The third-order valence-corrected chi connectivity index (χ3v) is 3.70. The highest BCUT2D eigenvalue weighted by Gasteiger charge is 2.23. The Balaban J connectivity index is 3.10. The van der Waals surface area contributed by atoms with Crippen LogP contribution in [-0.4, -0.2) is 62.4 Å². The summed E-state index contributed by atoms with van der Waals surface area (Å²) in [7, 11) is -2.33. The number of amides is 1. The van der Waals surface area contributed by atoms with Crippen molar-refractivity contribution in [3.8, 4) is 5.75 Å². The van der Waals surface area contributed by atoms with Gasteiger partial charge in [0.15, 0.2) is 6.61 Å². The molecule has 1 unspecified atom stereocenters. The molecule has 0 saturated heterocycles. The lowest BCUT2D eigenvalue weighted by molar-refractivity contribution is -0.139. The molecular formula is C14H18N2O8S. The number of benzene rings is 1. The molecule has 10 nitrogen and oxygen atoms in total. The molecule has 0 aliphatic rings. The monoisotopic (exact) mass is 374 g/mol. The number of ether oxygens (including phenoxy) is 1. The standard InChI is InChI=1S/C14H18N2O8S/c1-15-13(19)10(16-25(2,22)23)6-8-3-4-11(24-7-12(17)18)9(5-8)14(20)21/h3-5,10,16H,6-7H2,1-2H3,(H,15,19)(H,17,18)(H,20,21). The molecule has 0 aliphatic heterocycles. The summed E-state index contributed by atoms with van der Waals surface area (Å²) >= 11 is 0. The number of rotatable bonds is 9. The second kappa shape index (κ2) is 8.44. The Morgan fingerprint density at radius 2 is 1.88 bits per heavy atom. The van der Waals surface area contributed by atoms with Crippen LogP contribution in [0.5, 0.6) is 5.75 Å². The molecule has 4 N–H and O–H groups in total. The van der Waals surface area contributed by atoms with Crippen LogP contribution in [0.4, 0.5) is 0 Å². The lowest BCUT2D eigenvalue weighted by Gasteiger charge is -2.17. The van der Waals surface area contributed by atoms with E-state index < -0.39 is 40.5 Å². The van der Waals surface area contributed by atoms with E-state index in [2.05, 4.69) is 10.0 Å². The summed E-state index contributed by atoms with van der Waals surface area (Å²) < 4.78 is 29.8. The Morgan fingerprint density at radius 1 is 1.24 bits per heavy atom. The molecule has 25 heavy (non-hydrogen) atoms. The molecular weight excluding hydrogens is 356 g/mol. The van der Waals surface area contributed by atoms with E-state index in [-0.39, 0.29) is 17.7 Å². The smallest absolute Gasteiger partial charge is 0.341 e. The summed E-state index contributed by atoms with van der Waals surface area (Å²) in [5, 5.41) is 20.1. The largest absolute Gasteiger partial charge is 0.481 e. The van der Waals surface area contributed by atoms with Crippen molar-refractivity contribution in [2.24, 2.45) is 0 Å². The van der Waals surface area contributed by atoms with Gasteiger partial charge in [0.1, 0.15) is 17.4 Å². The second-order valence-electron chi connectivity index (χ2n) is 5.08. The molecule has 0 aromatic heterocycles. The van der Waals surface area contributed by atoms with Crippen molar-refractivity contribution in [2.75, 3.05) is 19.9 Å². The summed E-state index contributed by atoms with van der Waals surface area (Å²) in [4.78, 5) is 33.6. The summed E-state index contributed by atoms with van der Waals surface area (Å²) in [6.45, 7) is -0.712. The third kappa shape index (κ3) is 6.77. The zero-order valence-electron chi connectivity index (χ0n) is 13.5. The van der Waals surface area contributed by atoms with Crippen LogP contribution in [0.1, 0.15) is 15.9 Å². The van der Waals surface area contributed by atoms with E-state index >= 15 is 0 Å². The summed E-state index contributed by atoms with van der Waals surface area (Å²) in [6, 6.07) is 2.74. The highest BCUT2D eigenvalue weighted by molar-refractivity contribution is 7.88. The molecule has 1 atom stereocenters. The topological polar surface area (TPSA) is 159 Å². The Kier molecular flexibility index (Phi) is 6.88. The van der Waals surface area contributed by atoms with E-state index in [1.165, 1.54) is 25.2 Å². The number of sulfonamides is 1. The Bertz CT molecular complexity index is 775. The van der Waals surface area contributed by atoms with Gasteiger partial charge in [0, 0.05) is 7.05 Å². The first-order valence-electron chi connectivity index (χ1n) is 6.93. The van der Waals surface area contributed by atoms with Gasteiger partial charge in [0.05, 0.1) is 6.26 Å². The number of carboxylic acids is 2. The van der Waals surface area contributed by atoms with Crippen LogP contribution in [0.2, 0.25) is 0 Å². The van der Waals surface area contributed by atoms with Gasteiger partial charge in [-0.15, -0.1) is 0 Å². The van der Waals surface area contributed by atoms with Crippen LogP contribution in [0.15, 0.2) is 18.2 Å². The van der Waals surface area contributed by atoms with Crippen LogP contribution < -0.4 is 14.8 Å². The number of carboxylic acid groups (broad SMARTS) is 2. The van der Waals surface area contributed by atoms with Gasteiger partial charge in [-0.1, -0.05) is 6.07 Å². The molecule has 138 valence electrons. The van der Waals surface area contributed by atoms with E-state index in [1.54, 1.807) is 0 Å². The second-order valence-corrected chi connectivity index (χ2v) is 6.86. The maximum Gasteiger partial charge on any atom is 0.341 e. The van der Waals surface area contributed by atoms with Crippen LogP contribution >= 0.6 is 0 Å². The highest BCUT2D eigenvalue weighted by Crippen LogP contribution is 2.21. The maximum absolute atomic E-state index is 11.8. The number of hydrogen-bond donors (Lipinski definition) is 4. The Morgan fingerprint density at radius 3 is 2.36 bits per heavy atom. The summed E-state index contributed by atoms with van der Waals surface area (Å²) in [5.41, 5.74) is 0.0542. The molecule has 0 fully saturated rings. The molecule has 1 aromatic carbocycles. The predicted molar refractivity (Wildman–Crippen MR) is 86.1 cm³/mol. The van der Waals surface area contributed by atoms with Crippen molar-refractivity contribution in [2.45, 2.75) is 12.5 Å². The maximum atomic E-state index is 11.8. The molecule has 0 heterocycles. The fourth-order valence-corrected chi connectivity index (χ4v) is 2.70. The first-order chi connectivity index (χ1) is 11.5. The van der Waals surface area contributed by atoms with E-state index in [9.17, 15) is 27.9 Å².